The molecule has 0 saturated carbocycles. The molecule has 0 saturated heterocycles. The Morgan fingerprint density at radius 2 is 1.96 bits per heavy atom. The van der Waals surface area contributed by atoms with E-state index in [4.69, 9.17) is 4.74 Å². The van der Waals surface area contributed by atoms with E-state index in [0.29, 0.717) is 34.5 Å². The zero-order valence-electron chi connectivity index (χ0n) is 15.3. The first-order chi connectivity index (χ1) is 13.7. The number of ether oxygens (including phenoxy) is 1. The Morgan fingerprint density at radius 1 is 1.14 bits per heavy atom. The maximum Gasteiger partial charge on any atom is 0.338 e. The summed E-state index contributed by atoms with van der Waals surface area (Å²) in [6.07, 6.45) is 3.48. The van der Waals surface area contributed by atoms with Crippen molar-refractivity contribution in [3.63, 3.8) is 0 Å². The molecule has 1 amide bonds. The van der Waals surface area contributed by atoms with Gasteiger partial charge in [0.2, 0.25) is 0 Å². The lowest BCUT2D eigenvalue weighted by atomic mass is 10.2. The molecule has 28 heavy (non-hydrogen) atoms. The van der Waals surface area contributed by atoms with Gasteiger partial charge in [-0.2, -0.15) is 0 Å². The molecule has 144 valence electrons. The van der Waals surface area contributed by atoms with Gasteiger partial charge in [-0.25, -0.2) is 14.8 Å². The first-order valence-electron chi connectivity index (χ1n) is 8.88. The standard InChI is InChI=1S/C20H20N4O3S/c1-2-3-12-27-19(26)14-7-9-15(10-8-14)22-18(25)16-13-28-20(23-16)24-17-6-4-5-11-21-17/h4-11,13H,2-3,12H2,1H3,(H,22,25)(H,21,23,24). The molecule has 0 unspecified atom stereocenters. The van der Waals surface area contributed by atoms with Crippen LogP contribution in [0.5, 0.6) is 0 Å². The van der Waals surface area contributed by atoms with E-state index < -0.39 is 0 Å². The fourth-order valence-electron chi connectivity index (χ4n) is 2.26. The van der Waals surface area contributed by atoms with Crippen LogP contribution in [0.25, 0.3) is 0 Å². The number of thiazole rings is 1. The van der Waals surface area contributed by atoms with Crippen molar-refractivity contribution in [3.05, 3.63) is 65.3 Å². The number of unbranched alkanes of at least 4 members (excludes halogenated alkanes) is 1. The van der Waals surface area contributed by atoms with Crippen LogP contribution in [0.3, 0.4) is 0 Å². The molecule has 0 spiro atoms. The Kier molecular flexibility index (Phi) is 6.69. The van der Waals surface area contributed by atoms with Crippen molar-refractivity contribution in [3.8, 4) is 0 Å². The van der Waals surface area contributed by atoms with E-state index >= 15 is 0 Å². The van der Waals surface area contributed by atoms with Crippen LogP contribution in [0.4, 0.5) is 16.6 Å². The largest absolute Gasteiger partial charge is 0.462 e. The molecule has 3 rings (SSSR count). The number of nitrogens with zero attached hydrogens (tertiary/aromatic N) is 2. The number of hydrogen-bond donors (Lipinski definition) is 2. The summed E-state index contributed by atoms with van der Waals surface area (Å²) in [6.45, 7) is 2.44. The highest BCUT2D eigenvalue weighted by atomic mass is 32.1. The third-order valence-electron chi connectivity index (χ3n) is 3.75. The SMILES string of the molecule is CCCCOC(=O)c1ccc(NC(=O)c2csc(Nc3ccccn3)n2)cc1. The van der Waals surface area contributed by atoms with Gasteiger partial charge in [-0.05, 0) is 42.8 Å². The molecule has 1 aromatic carbocycles. The second kappa shape index (κ2) is 9.61. The molecule has 3 aromatic rings. The van der Waals surface area contributed by atoms with Gasteiger partial charge in [0.15, 0.2) is 5.13 Å². The molecule has 8 heteroatoms. The maximum atomic E-state index is 12.4. The van der Waals surface area contributed by atoms with Gasteiger partial charge in [-0.3, -0.25) is 4.79 Å². The lowest BCUT2D eigenvalue weighted by Gasteiger charge is -2.06. The van der Waals surface area contributed by atoms with Crippen molar-refractivity contribution < 1.29 is 14.3 Å². The summed E-state index contributed by atoms with van der Waals surface area (Å²) in [7, 11) is 0. The molecule has 2 aromatic heterocycles. The summed E-state index contributed by atoms with van der Waals surface area (Å²) in [5, 5.41) is 8.06. The van der Waals surface area contributed by atoms with Gasteiger partial charge >= 0.3 is 5.97 Å². The number of hydrogen-bond acceptors (Lipinski definition) is 7. The third kappa shape index (κ3) is 5.37. The fourth-order valence-corrected chi connectivity index (χ4v) is 2.96. The molecule has 0 atom stereocenters. The quantitative estimate of drug-likeness (QED) is 0.430. The monoisotopic (exact) mass is 396 g/mol. The van der Waals surface area contributed by atoms with Gasteiger partial charge in [0.25, 0.3) is 5.91 Å². The van der Waals surface area contributed by atoms with E-state index in [-0.39, 0.29) is 11.9 Å². The minimum absolute atomic E-state index is 0.298. The number of aromatic nitrogens is 2. The smallest absolute Gasteiger partial charge is 0.338 e. The number of benzene rings is 1. The summed E-state index contributed by atoms with van der Waals surface area (Å²) in [5.74, 6) is -0.0371. The molecule has 0 radical (unpaired) electrons. The van der Waals surface area contributed by atoms with Crippen molar-refractivity contribution in [2.24, 2.45) is 0 Å². The van der Waals surface area contributed by atoms with Crippen LogP contribution in [0.2, 0.25) is 0 Å². The molecule has 0 bridgehead atoms. The van der Waals surface area contributed by atoms with E-state index in [9.17, 15) is 9.59 Å². The zero-order valence-corrected chi connectivity index (χ0v) is 16.2. The highest BCUT2D eigenvalue weighted by Crippen LogP contribution is 2.20. The molecule has 7 nitrogen and oxygen atoms in total. The van der Waals surface area contributed by atoms with E-state index in [1.54, 1.807) is 35.8 Å². The molecular weight excluding hydrogens is 376 g/mol. The summed E-state index contributed by atoms with van der Waals surface area (Å²) in [6, 6.07) is 12.1. The highest BCUT2D eigenvalue weighted by Gasteiger charge is 2.12. The summed E-state index contributed by atoms with van der Waals surface area (Å²) >= 11 is 1.31. The topological polar surface area (TPSA) is 93.2 Å². The molecule has 0 aliphatic carbocycles. The second-order valence-corrected chi connectivity index (χ2v) is 6.76. The van der Waals surface area contributed by atoms with Gasteiger partial charge < -0.3 is 15.4 Å². The number of anilines is 3. The first-order valence-corrected chi connectivity index (χ1v) is 9.76. The Hall–Kier alpha value is -3.26. The second-order valence-electron chi connectivity index (χ2n) is 5.90. The number of pyridine rings is 1. The van der Waals surface area contributed by atoms with Crippen molar-refractivity contribution >= 4 is 39.9 Å². The van der Waals surface area contributed by atoms with Gasteiger partial charge in [0, 0.05) is 17.3 Å². The Morgan fingerprint density at radius 3 is 2.68 bits per heavy atom. The van der Waals surface area contributed by atoms with E-state index in [1.807, 2.05) is 25.1 Å². The summed E-state index contributed by atoms with van der Waals surface area (Å²) < 4.78 is 5.16. The molecule has 2 N–H and O–H groups in total. The Balaban J connectivity index is 1.56. The van der Waals surface area contributed by atoms with Crippen LogP contribution in [0.1, 0.15) is 40.6 Å². The van der Waals surface area contributed by atoms with Crippen LogP contribution in [-0.2, 0) is 4.74 Å². The molecule has 0 fully saturated rings. The normalized spacial score (nSPS) is 10.3. The number of carbonyl (C=O) groups is 2. The van der Waals surface area contributed by atoms with Gasteiger partial charge in [0.05, 0.1) is 12.2 Å². The zero-order chi connectivity index (χ0) is 19.8. The van der Waals surface area contributed by atoms with E-state index in [0.717, 1.165) is 12.8 Å². The predicted molar refractivity (Wildman–Crippen MR) is 109 cm³/mol. The van der Waals surface area contributed by atoms with Gasteiger partial charge in [0.1, 0.15) is 11.5 Å². The number of amides is 1. The minimum Gasteiger partial charge on any atom is -0.462 e. The fraction of sp³-hybridized carbons (Fsp3) is 0.200. The van der Waals surface area contributed by atoms with Crippen molar-refractivity contribution in [2.75, 3.05) is 17.2 Å². The maximum absolute atomic E-state index is 12.4. The van der Waals surface area contributed by atoms with Crippen molar-refractivity contribution in [2.45, 2.75) is 19.8 Å². The van der Waals surface area contributed by atoms with E-state index in [2.05, 4.69) is 20.6 Å². The summed E-state index contributed by atoms with van der Waals surface area (Å²) in [5.41, 5.74) is 1.32. The lowest BCUT2D eigenvalue weighted by Crippen LogP contribution is -2.13. The van der Waals surface area contributed by atoms with Crippen LogP contribution in [0, 0.1) is 0 Å². The summed E-state index contributed by atoms with van der Waals surface area (Å²) in [4.78, 5) is 32.7. The van der Waals surface area contributed by atoms with E-state index in [1.165, 1.54) is 11.3 Å². The Labute approximate surface area is 166 Å². The van der Waals surface area contributed by atoms with Gasteiger partial charge in [-0.1, -0.05) is 19.4 Å². The van der Waals surface area contributed by atoms with Crippen LogP contribution >= 0.6 is 11.3 Å². The number of esters is 1. The first kappa shape index (κ1) is 19.5. The average molecular weight is 396 g/mol. The Bertz CT molecular complexity index is 926. The van der Waals surface area contributed by atoms with Crippen LogP contribution < -0.4 is 10.6 Å². The third-order valence-corrected chi connectivity index (χ3v) is 4.50. The number of carbonyl (C=O) groups excluding carboxylic acids is 2. The predicted octanol–water partition coefficient (Wildman–Crippen LogP) is 4.49. The average Bonchev–Trinajstić information content (AvgIpc) is 3.18. The van der Waals surface area contributed by atoms with Gasteiger partial charge in [-0.15, -0.1) is 11.3 Å². The van der Waals surface area contributed by atoms with Crippen LogP contribution in [-0.4, -0.2) is 28.5 Å². The number of nitrogens with one attached hydrogen (secondary N) is 2. The lowest BCUT2D eigenvalue weighted by molar-refractivity contribution is 0.0499. The molecule has 0 aliphatic rings. The van der Waals surface area contributed by atoms with Crippen molar-refractivity contribution in [1.82, 2.24) is 9.97 Å². The number of rotatable bonds is 8. The van der Waals surface area contributed by atoms with Crippen LogP contribution in [0.15, 0.2) is 54.0 Å². The highest BCUT2D eigenvalue weighted by molar-refractivity contribution is 7.14. The minimum atomic E-state index is -0.365. The molecular formula is C20H20N4O3S. The molecule has 0 aliphatic heterocycles. The van der Waals surface area contributed by atoms with Crippen molar-refractivity contribution in [1.29, 1.82) is 0 Å². The molecule has 2 heterocycles.